The van der Waals surface area contributed by atoms with Crippen LogP contribution in [0.25, 0.3) is 5.57 Å². The maximum absolute atomic E-state index is 2.64. The first-order valence-electron chi connectivity index (χ1n) is 9.12. The molecule has 0 bridgehead atoms. The van der Waals surface area contributed by atoms with E-state index < -0.39 is 0 Å². The molecule has 0 aromatic heterocycles. The molecule has 0 radical (unpaired) electrons. The molecule has 1 saturated heterocycles. The van der Waals surface area contributed by atoms with Crippen molar-refractivity contribution in [3.8, 4) is 0 Å². The van der Waals surface area contributed by atoms with E-state index >= 15 is 0 Å². The summed E-state index contributed by atoms with van der Waals surface area (Å²) in [7, 11) is 0. The Hall–Kier alpha value is -2.06. The van der Waals surface area contributed by atoms with Crippen LogP contribution in [-0.4, -0.2) is 30.6 Å². The van der Waals surface area contributed by atoms with E-state index in [1.807, 2.05) is 0 Å². The lowest BCUT2D eigenvalue weighted by Crippen LogP contribution is -2.44. The summed E-state index contributed by atoms with van der Waals surface area (Å²) in [6.45, 7) is 6.73. The number of nitrogens with zero attached hydrogens (tertiary/aromatic N) is 2. The van der Waals surface area contributed by atoms with Crippen molar-refractivity contribution in [2.45, 2.75) is 32.4 Å². The second-order valence-corrected chi connectivity index (χ2v) is 6.95. The Kier molecular flexibility index (Phi) is 4.40. The van der Waals surface area contributed by atoms with Crippen molar-refractivity contribution in [3.05, 3.63) is 71.8 Å². The molecule has 2 aliphatic heterocycles. The number of para-hydroxylation sites is 1. The van der Waals surface area contributed by atoms with Crippen LogP contribution >= 0.6 is 0 Å². The number of fused-ring (bicyclic) bond motifs is 1. The third-order valence-electron chi connectivity index (χ3n) is 5.50. The molecule has 0 N–H and O–H groups in total. The van der Waals surface area contributed by atoms with Crippen molar-refractivity contribution in [2.75, 3.05) is 24.5 Å². The maximum atomic E-state index is 2.64. The zero-order valence-electron chi connectivity index (χ0n) is 14.5. The molecular formula is C22H26N2. The van der Waals surface area contributed by atoms with Gasteiger partial charge in [0.2, 0.25) is 0 Å². The van der Waals surface area contributed by atoms with Crippen LogP contribution in [0.15, 0.2) is 60.7 Å². The van der Waals surface area contributed by atoms with Crippen molar-refractivity contribution >= 4 is 11.3 Å². The fourth-order valence-electron chi connectivity index (χ4n) is 4.15. The molecule has 0 unspecified atom stereocenters. The van der Waals surface area contributed by atoms with Crippen LogP contribution in [0.3, 0.4) is 0 Å². The molecule has 2 heteroatoms. The summed E-state index contributed by atoms with van der Waals surface area (Å²) in [4.78, 5) is 5.24. The van der Waals surface area contributed by atoms with Gasteiger partial charge in [0.05, 0.1) is 0 Å². The Balaban J connectivity index is 1.42. The minimum absolute atomic E-state index is 0.677. The van der Waals surface area contributed by atoms with Crippen molar-refractivity contribution in [2.24, 2.45) is 0 Å². The molecule has 0 saturated carbocycles. The molecule has 124 valence electrons. The van der Waals surface area contributed by atoms with Crippen molar-refractivity contribution in [3.63, 3.8) is 0 Å². The van der Waals surface area contributed by atoms with Crippen LogP contribution in [0.1, 0.15) is 30.9 Å². The number of rotatable bonds is 3. The molecule has 0 amide bonds. The van der Waals surface area contributed by atoms with Crippen molar-refractivity contribution < 1.29 is 0 Å². The normalized spacial score (nSPS) is 20.5. The van der Waals surface area contributed by atoms with Gasteiger partial charge in [0.1, 0.15) is 0 Å². The average Bonchev–Trinajstić information content (AvgIpc) is 3.02. The maximum Gasteiger partial charge on any atom is 0.0448 e. The first-order valence-corrected chi connectivity index (χ1v) is 9.12. The summed E-state index contributed by atoms with van der Waals surface area (Å²) in [5.74, 6) is 0. The van der Waals surface area contributed by atoms with E-state index in [0.29, 0.717) is 6.04 Å². The number of hydrogen-bond donors (Lipinski definition) is 0. The summed E-state index contributed by atoms with van der Waals surface area (Å²) in [6.07, 6.45) is 4.81. The Labute approximate surface area is 145 Å². The lowest BCUT2D eigenvalue weighted by atomic mass is 10.0. The largest absolute Gasteiger partial charge is 0.364 e. The fourth-order valence-corrected chi connectivity index (χ4v) is 4.15. The highest BCUT2D eigenvalue weighted by molar-refractivity contribution is 5.85. The van der Waals surface area contributed by atoms with Crippen LogP contribution in [-0.2, 0) is 6.54 Å². The fraction of sp³-hybridized carbons (Fsp3) is 0.364. The topological polar surface area (TPSA) is 6.48 Å². The van der Waals surface area contributed by atoms with Gasteiger partial charge in [0.15, 0.2) is 0 Å². The summed E-state index contributed by atoms with van der Waals surface area (Å²) in [6, 6.07) is 20.4. The Morgan fingerprint density at radius 3 is 2.42 bits per heavy atom. The highest BCUT2D eigenvalue weighted by Crippen LogP contribution is 2.38. The van der Waals surface area contributed by atoms with E-state index in [4.69, 9.17) is 0 Å². The van der Waals surface area contributed by atoms with Crippen LogP contribution in [0.4, 0.5) is 5.69 Å². The highest BCUT2D eigenvalue weighted by Gasteiger charge is 2.30. The van der Waals surface area contributed by atoms with Crippen molar-refractivity contribution in [1.82, 2.24) is 4.90 Å². The molecule has 2 aliphatic rings. The van der Waals surface area contributed by atoms with Crippen LogP contribution in [0, 0.1) is 0 Å². The Morgan fingerprint density at radius 2 is 1.67 bits per heavy atom. The molecule has 2 nitrogen and oxygen atoms in total. The predicted molar refractivity (Wildman–Crippen MR) is 102 cm³/mol. The molecule has 4 rings (SSSR count). The lowest BCUT2D eigenvalue weighted by Gasteiger charge is -2.38. The lowest BCUT2D eigenvalue weighted by molar-refractivity contribution is 0.203. The number of allylic oxidation sites excluding steroid dienone is 1. The smallest absolute Gasteiger partial charge is 0.0448 e. The molecule has 1 fully saturated rings. The third kappa shape index (κ3) is 2.99. The number of piperidine rings is 1. The van der Waals surface area contributed by atoms with Gasteiger partial charge < -0.3 is 4.90 Å². The van der Waals surface area contributed by atoms with E-state index in [1.54, 1.807) is 0 Å². The van der Waals surface area contributed by atoms with Crippen LogP contribution in [0.2, 0.25) is 0 Å². The first-order chi connectivity index (χ1) is 11.8. The van der Waals surface area contributed by atoms with Gasteiger partial charge in [0, 0.05) is 43.5 Å². The monoisotopic (exact) mass is 318 g/mol. The Morgan fingerprint density at radius 1 is 0.958 bits per heavy atom. The molecule has 2 aromatic rings. The van der Waals surface area contributed by atoms with Gasteiger partial charge in [-0.25, -0.2) is 0 Å². The van der Waals surface area contributed by atoms with E-state index in [0.717, 1.165) is 13.1 Å². The van der Waals surface area contributed by atoms with E-state index in [9.17, 15) is 0 Å². The molecule has 2 aromatic carbocycles. The number of benzene rings is 2. The molecule has 24 heavy (non-hydrogen) atoms. The van der Waals surface area contributed by atoms with Gasteiger partial charge >= 0.3 is 0 Å². The number of hydrogen-bond acceptors (Lipinski definition) is 2. The second-order valence-electron chi connectivity index (χ2n) is 6.95. The van der Waals surface area contributed by atoms with Gasteiger partial charge in [-0.1, -0.05) is 54.6 Å². The number of anilines is 1. The molecule has 2 heterocycles. The third-order valence-corrected chi connectivity index (χ3v) is 5.50. The molecule has 0 aliphatic carbocycles. The SMILES string of the molecule is CC=C1CN(C2CCN(Cc3ccccc3)CC2)c2ccccc21. The van der Waals surface area contributed by atoms with Gasteiger partial charge in [-0.15, -0.1) is 0 Å². The van der Waals surface area contributed by atoms with E-state index in [1.165, 1.54) is 48.3 Å². The van der Waals surface area contributed by atoms with Gasteiger partial charge in [-0.05, 0) is 37.0 Å². The van der Waals surface area contributed by atoms with E-state index in [-0.39, 0.29) is 0 Å². The minimum atomic E-state index is 0.677. The summed E-state index contributed by atoms with van der Waals surface area (Å²) < 4.78 is 0. The van der Waals surface area contributed by atoms with Gasteiger partial charge in [0.25, 0.3) is 0 Å². The Bertz CT molecular complexity index is 712. The standard InChI is InChI=1S/C22H26N2/c1-2-19-17-24(22-11-7-6-10-21(19)22)20-12-14-23(15-13-20)16-18-8-4-3-5-9-18/h2-11,20H,12-17H2,1H3. The van der Waals surface area contributed by atoms with Gasteiger partial charge in [-0.2, -0.15) is 0 Å². The average molecular weight is 318 g/mol. The molecular weight excluding hydrogens is 292 g/mol. The highest BCUT2D eigenvalue weighted by atomic mass is 15.2. The summed E-state index contributed by atoms with van der Waals surface area (Å²) >= 11 is 0. The zero-order chi connectivity index (χ0) is 16.4. The summed E-state index contributed by atoms with van der Waals surface area (Å²) in [5.41, 5.74) is 5.79. The predicted octanol–water partition coefficient (Wildman–Crippen LogP) is 4.57. The van der Waals surface area contributed by atoms with Crippen LogP contribution in [0.5, 0.6) is 0 Å². The minimum Gasteiger partial charge on any atom is -0.364 e. The van der Waals surface area contributed by atoms with E-state index in [2.05, 4.69) is 77.4 Å². The quantitative estimate of drug-likeness (QED) is 0.817. The number of likely N-dealkylation sites (tertiary alicyclic amines) is 1. The van der Waals surface area contributed by atoms with Crippen LogP contribution < -0.4 is 4.90 Å². The van der Waals surface area contributed by atoms with Crippen molar-refractivity contribution in [1.29, 1.82) is 0 Å². The summed E-state index contributed by atoms with van der Waals surface area (Å²) in [5, 5.41) is 0. The molecule has 0 spiro atoms. The van der Waals surface area contributed by atoms with Gasteiger partial charge in [-0.3, -0.25) is 4.90 Å². The zero-order valence-corrected chi connectivity index (χ0v) is 14.5. The first kappa shape index (κ1) is 15.5. The molecule has 0 atom stereocenters. The second kappa shape index (κ2) is 6.82.